The predicted molar refractivity (Wildman–Crippen MR) is 79.9 cm³/mol. The second kappa shape index (κ2) is 6.81. The fourth-order valence-electron chi connectivity index (χ4n) is 2.11. The molecule has 0 aliphatic heterocycles. The van der Waals surface area contributed by atoms with Crippen LogP contribution in [-0.2, 0) is 0 Å². The molecule has 1 heterocycles. The van der Waals surface area contributed by atoms with Gasteiger partial charge in [-0.2, -0.15) is 0 Å². The monoisotopic (exact) mass is 294 g/mol. The normalized spacial score (nSPS) is 12.4. The van der Waals surface area contributed by atoms with Crippen molar-refractivity contribution in [3.63, 3.8) is 0 Å². The molecular weight excluding hydrogens is 275 g/mol. The molecule has 3 nitrogen and oxygen atoms in total. The lowest BCUT2D eigenvalue weighted by molar-refractivity contribution is 0.401. The van der Waals surface area contributed by atoms with Crippen LogP contribution in [0.3, 0.4) is 0 Å². The van der Waals surface area contributed by atoms with Crippen LogP contribution in [0.5, 0.6) is 5.75 Å². The maximum absolute atomic E-state index is 13.6. The Morgan fingerprint density at radius 3 is 2.85 bits per heavy atom. The Balaban J connectivity index is 2.42. The van der Waals surface area contributed by atoms with Gasteiger partial charge in [0.15, 0.2) is 0 Å². The number of nitrogens with one attached hydrogen (secondary N) is 1. The summed E-state index contributed by atoms with van der Waals surface area (Å²) in [5.74, 6) is 0.404. The van der Waals surface area contributed by atoms with Gasteiger partial charge in [-0.25, -0.2) is 9.37 Å². The molecule has 2 aromatic rings. The van der Waals surface area contributed by atoms with Gasteiger partial charge < -0.3 is 10.1 Å². The lowest BCUT2D eigenvalue weighted by atomic mass is 10.0. The Labute approximate surface area is 122 Å². The zero-order valence-electron chi connectivity index (χ0n) is 11.9. The van der Waals surface area contributed by atoms with Gasteiger partial charge in [0.05, 0.1) is 23.9 Å². The highest BCUT2D eigenvalue weighted by molar-refractivity contribution is 7.09. The molecule has 1 N–H and O–H groups in total. The molecule has 108 valence electrons. The van der Waals surface area contributed by atoms with Gasteiger partial charge in [0, 0.05) is 10.9 Å². The molecule has 0 saturated heterocycles. The van der Waals surface area contributed by atoms with Crippen molar-refractivity contribution < 1.29 is 9.13 Å². The molecule has 20 heavy (non-hydrogen) atoms. The SMILES string of the molecule is CCCNC(c1csc(C)n1)c1cc(F)ccc1OC. The minimum Gasteiger partial charge on any atom is -0.496 e. The number of hydrogen-bond donors (Lipinski definition) is 1. The van der Waals surface area contributed by atoms with Crippen LogP contribution >= 0.6 is 11.3 Å². The number of ether oxygens (including phenoxy) is 1. The molecule has 1 unspecified atom stereocenters. The smallest absolute Gasteiger partial charge is 0.124 e. The summed E-state index contributed by atoms with van der Waals surface area (Å²) in [5.41, 5.74) is 1.69. The number of aryl methyl sites for hydroxylation is 1. The van der Waals surface area contributed by atoms with Gasteiger partial charge in [-0.3, -0.25) is 0 Å². The van der Waals surface area contributed by atoms with Crippen LogP contribution in [-0.4, -0.2) is 18.6 Å². The number of thiazole rings is 1. The van der Waals surface area contributed by atoms with E-state index in [1.165, 1.54) is 12.1 Å². The summed E-state index contributed by atoms with van der Waals surface area (Å²) < 4.78 is 18.9. The van der Waals surface area contributed by atoms with Crippen LogP contribution in [0.25, 0.3) is 0 Å². The number of methoxy groups -OCH3 is 1. The molecule has 5 heteroatoms. The predicted octanol–water partition coefficient (Wildman–Crippen LogP) is 3.69. The molecule has 0 spiro atoms. The lowest BCUT2D eigenvalue weighted by Crippen LogP contribution is -2.24. The molecule has 0 fully saturated rings. The Morgan fingerprint density at radius 1 is 1.45 bits per heavy atom. The van der Waals surface area contributed by atoms with E-state index < -0.39 is 0 Å². The molecule has 2 rings (SSSR count). The highest BCUT2D eigenvalue weighted by Gasteiger charge is 2.20. The van der Waals surface area contributed by atoms with Crippen molar-refractivity contribution in [3.8, 4) is 5.75 Å². The van der Waals surface area contributed by atoms with Crippen molar-refractivity contribution in [3.05, 3.63) is 45.7 Å². The summed E-state index contributed by atoms with van der Waals surface area (Å²) in [6.07, 6.45) is 0.997. The maximum atomic E-state index is 13.6. The van der Waals surface area contributed by atoms with E-state index in [2.05, 4.69) is 17.2 Å². The summed E-state index contributed by atoms with van der Waals surface area (Å²) in [6.45, 7) is 4.90. The van der Waals surface area contributed by atoms with E-state index in [1.807, 2.05) is 12.3 Å². The maximum Gasteiger partial charge on any atom is 0.124 e. The fraction of sp³-hybridized carbons (Fsp3) is 0.400. The molecule has 0 saturated carbocycles. The van der Waals surface area contributed by atoms with Crippen LogP contribution in [0.4, 0.5) is 4.39 Å². The summed E-state index contributed by atoms with van der Waals surface area (Å²) in [6, 6.07) is 4.43. The van der Waals surface area contributed by atoms with E-state index in [0.29, 0.717) is 5.75 Å². The minimum atomic E-state index is -0.268. The van der Waals surface area contributed by atoms with E-state index in [9.17, 15) is 4.39 Å². The number of halogens is 1. The summed E-state index contributed by atoms with van der Waals surface area (Å²) in [7, 11) is 1.60. The minimum absolute atomic E-state index is 0.148. The zero-order chi connectivity index (χ0) is 14.5. The number of hydrogen-bond acceptors (Lipinski definition) is 4. The van der Waals surface area contributed by atoms with Gasteiger partial charge in [0.1, 0.15) is 11.6 Å². The van der Waals surface area contributed by atoms with Gasteiger partial charge in [-0.15, -0.1) is 11.3 Å². The average molecular weight is 294 g/mol. The van der Waals surface area contributed by atoms with Crippen LogP contribution in [0.15, 0.2) is 23.6 Å². The van der Waals surface area contributed by atoms with E-state index in [-0.39, 0.29) is 11.9 Å². The van der Waals surface area contributed by atoms with Crippen molar-refractivity contribution in [2.75, 3.05) is 13.7 Å². The third-order valence-electron chi connectivity index (χ3n) is 3.03. The highest BCUT2D eigenvalue weighted by atomic mass is 32.1. The van der Waals surface area contributed by atoms with Crippen LogP contribution in [0.2, 0.25) is 0 Å². The Hall–Kier alpha value is -1.46. The van der Waals surface area contributed by atoms with Crippen LogP contribution < -0.4 is 10.1 Å². The first-order valence-electron chi connectivity index (χ1n) is 6.64. The summed E-state index contributed by atoms with van der Waals surface area (Å²) >= 11 is 1.59. The highest BCUT2D eigenvalue weighted by Crippen LogP contribution is 2.31. The first-order chi connectivity index (χ1) is 9.65. The molecule has 0 bridgehead atoms. The van der Waals surface area contributed by atoms with Crippen molar-refractivity contribution in [2.45, 2.75) is 26.3 Å². The number of benzene rings is 1. The van der Waals surface area contributed by atoms with Crippen LogP contribution in [0.1, 0.15) is 35.7 Å². The molecule has 1 atom stereocenters. The third-order valence-corrected chi connectivity index (χ3v) is 3.83. The number of aromatic nitrogens is 1. The number of nitrogens with zero attached hydrogens (tertiary/aromatic N) is 1. The van der Waals surface area contributed by atoms with E-state index in [1.54, 1.807) is 24.5 Å². The van der Waals surface area contributed by atoms with E-state index >= 15 is 0 Å². The first kappa shape index (κ1) is 14.9. The topological polar surface area (TPSA) is 34.2 Å². The van der Waals surface area contributed by atoms with Crippen LogP contribution in [0, 0.1) is 12.7 Å². The third kappa shape index (κ3) is 3.35. The van der Waals surface area contributed by atoms with Crippen molar-refractivity contribution in [2.24, 2.45) is 0 Å². The molecule has 0 aliphatic rings. The molecule has 0 amide bonds. The molecule has 0 aliphatic carbocycles. The van der Waals surface area contributed by atoms with Gasteiger partial charge in [-0.05, 0) is 38.1 Å². The van der Waals surface area contributed by atoms with Crippen molar-refractivity contribution in [1.29, 1.82) is 0 Å². The summed E-state index contributed by atoms with van der Waals surface area (Å²) in [4.78, 5) is 4.52. The Morgan fingerprint density at radius 2 is 2.25 bits per heavy atom. The van der Waals surface area contributed by atoms with Gasteiger partial charge in [0.2, 0.25) is 0 Å². The zero-order valence-corrected chi connectivity index (χ0v) is 12.8. The quantitative estimate of drug-likeness (QED) is 0.882. The number of rotatable bonds is 6. The van der Waals surface area contributed by atoms with Gasteiger partial charge >= 0.3 is 0 Å². The molecule has 0 radical (unpaired) electrons. The lowest BCUT2D eigenvalue weighted by Gasteiger charge is -2.19. The van der Waals surface area contributed by atoms with E-state index in [0.717, 1.165) is 29.2 Å². The van der Waals surface area contributed by atoms with Crippen molar-refractivity contribution >= 4 is 11.3 Å². The fourth-order valence-corrected chi connectivity index (χ4v) is 2.74. The Bertz CT molecular complexity index is 571. The average Bonchev–Trinajstić information content (AvgIpc) is 2.86. The molecule has 1 aromatic heterocycles. The van der Waals surface area contributed by atoms with Gasteiger partial charge in [-0.1, -0.05) is 6.92 Å². The largest absolute Gasteiger partial charge is 0.496 e. The Kier molecular flexibility index (Phi) is 5.09. The molecular formula is C15H19FN2OS. The standard InChI is InChI=1S/C15H19FN2OS/c1-4-7-17-15(13-9-20-10(2)18-13)12-8-11(16)5-6-14(12)19-3/h5-6,8-9,15,17H,4,7H2,1-3H3. The van der Waals surface area contributed by atoms with Gasteiger partial charge in [0.25, 0.3) is 0 Å². The second-order valence-electron chi connectivity index (χ2n) is 4.56. The molecule has 1 aromatic carbocycles. The van der Waals surface area contributed by atoms with Crippen molar-refractivity contribution in [1.82, 2.24) is 10.3 Å². The second-order valence-corrected chi connectivity index (χ2v) is 5.63. The summed E-state index contributed by atoms with van der Waals surface area (Å²) in [5, 5.41) is 6.42. The first-order valence-corrected chi connectivity index (χ1v) is 7.52. The van der Waals surface area contributed by atoms with E-state index in [4.69, 9.17) is 4.74 Å².